The Labute approximate surface area is 159 Å². The average molecular weight is 362 g/mol. The van der Waals surface area contributed by atoms with Gasteiger partial charge < -0.3 is 9.47 Å². The van der Waals surface area contributed by atoms with Gasteiger partial charge in [0.2, 0.25) is 0 Å². The molecule has 0 bridgehead atoms. The molecule has 146 valence electrons. The van der Waals surface area contributed by atoms with Crippen molar-refractivity contribution in [3.63, 3.8) is 0 Å². The van der Waals surface area contributed by atoms with Gasteiger partial charge in [-0.05, 0) is 51.9 Å². The van der Waals surface area contributed by atoms with Crippen molar-refractivity contribution in [2.75, 3.05) is 0 Å². The molecule has 4 nitrogen and oxygen atoms in total. The molecule has 4 heteroatoms. The molecule has 0 spiro atoms. The number of hydrogen-bond acceptors (Lipinski definition) is 4. The molecule has 0 atom stereocenters. The van der Waals surface area contributed by atoms with Gasteiger partial charge in [-0.3, -0.25) is 4.98 Å². The Morgan fingerprint density at radius 3 is 2.00 bits per heavy atom. The Morgan fingerprint density at radius 2 is 1.58 bits per heavy atom. The van der Waals surface area contributed by atoms with E-state index in [0.29, 0.717) is 5.75 Å². The average Bonchev–Trinajstić information content (AvgIpc) is 2.32. The first-order valence-corrected chi connectivity index (χ1v) is 9.12. The van der Waals surface area contributed by atoms with Gasteiger partial charge in [-0.25, -0.2) is 4.79 Å². The van der Waals surface area contributed by atoms with Crippen LogP contribution >= 0.6 is 0 Å². The molecule has 0 aromatic carbocycles. The number of aromatic nitrogens is 1. The molecule has 1 aromatic rings. The summed E-state index contributed by atoms with van der Waals surface area (Å²) >= 11 is 0. The van der Waals surface area contributed by atoms with Crippen molar-refractivity contribution in [3.8, 4) is 5.75 Å². The summed E-state index contributed by atoms with van der Waals surface area (Å²) in [6.45, 7) is 24.1. The molecule has 1 rings (SSSR count). The molecule has 1 aromatic heterocycles. The second-order valence-corrected chi connectivity index (χ2v) is 9.79. The summed E-state index contributed by atoms with van der Waals surface area (Å²) in [7, 11) is 0. The third kappa shape index (κ3) is 5.86. The Balaban J connectivity index is 3.55. The smallest absolute Gasteiger partial charge is 0.428 e. The van der Waals surface area contributed by atoms with Crippen molar-refractivity contribution in [1.82, 2.24) is 4.98 Å². The van der Waals surface area contributed by atoms with Gasteiger partial charge in [0.1, 0.15) is 11.4 Å². The molecular weight excluding hydrogens is 326 g/mol. The SMILES string of the molecule is C=Cc1c(C)nc(C)c(C(C)(C)CC(C)(C)C)c1OC(=O)OC(C)(C)C. The van der Waals surface area contributed by atoms with E-state index >= 15 is 0 Å². The maximum atomic E-state index is 12.4. The molecule has 0 amide bonds. The quantitative estimate of drug-likeness (QED) is 0.585. The van der Waals surface area contributed by atoms with E-state index < -0.39 is 11.8 Å². The van der Waals surface area contributed by atoms with Crippen molar-refractivity contribution in [3.05, 3.63) is 29.1 Å². The minimum absolute atomic E-state index is 0.109. The van der Waals surface area contributed by atoms with E-state index in [-0.39, 0.29) is 10.8 Å². The topological polar surface area (TPSA) is 48.4 Å². The van der Waals surface area contributed by atoms with E-state index in [1.165, 1.54) is 0 Å². The van der Waals surface area contributed by atoms with Crippen molar-refractivity contribution in [2.24, 2.45) is 5.41 Å². The van der Waals surface area contributed by atoms with Crippen LogP contribution in [0.5, 0.6) is 5.75 Å². The first-order chi connectivity index (χ1) is 11.6. The predicted molar refractivity (Wildman–Crippen MR) is 108 cm³/mol. The summed E-state index contributed by atoms with van der Waals surface area (Å²) in [6, 6.07) is 0. The number of carbonyl (C=O) groups excluding carboxylic acids is 1. The van der Waals surface area contributed by atoms with Crippen LogP contribution in [0.25, 0.3) is 6.08 Å². The van der Waals surface area contributed by atoms with Crippen LogP contribution in [0.2, 0.25) is 0 Å². The molecule has 0 aliphatic rings. The molecule has 0 aliphatic heterocycles. The van der Waals surface area contributed by atoms with E-state index in [0.717, 1.165) is 28.9 Å². The lowest BCUT2D eigenvalue weighted by Crippen LogP contribution is -2.30. The molecule has 0 saturated carbocycles. The third-order valence-electron chi connectivity index (χ3n) is 3.99. The van der Waals surface area contributed by atoms with Crippen molar-refractivity contribution < 1.29 is 14.3 Å². The normalized spacial score (nSPS) is 12.7. The van der Waals surface area contributed by atoms with E-state index in [1.807, 2.05) is 34.6 Å². The molecule has 0 radical (unpaired) electrons. The van der Waals surface area contributed by atoms with Crippen LogP contribution in [0.15, 0.2) is 6.58 Å². The molecule has 0 saturated heterocycles. The highest BCUT2D eigenvalue weighted by Crippen LogP contribution is 2.44. The maximum absolute atomic E-state index is 12.4. The van der Waals surface area contributed by atoms with Crippen LogP contribution in [-0.2, 0) is 10.2 Å². The standard InChI is InChI=1S/C22H35NO3/c1-12-16-14(2)23-15(3)17(22(10,11)13-20(4,5)6)18(16)25-19(24)26-21(7,8)9/h12H,1,13H2,2-11H3. The summed E-state index contributed by atoms with van der Waals surface area (Å²) in [5.41, 5.74) is 2.56. The van der Waals surface area contributed by atoms with E-state index in [9.17, 15) is 4.79 Å². The van der Waals surface area contributed by atoms with Crippen LogP contribution < -0.4 is 4.74 Å². The largest absolute Gasteiger partial charge is 0.514 e. The number of nitrogens with zero attached hydrogens (tertiary/aromatic N) is 1. The summed E-state index contributed by atoms with van der Waals surface area (Å²) in [6.07, 6.45) is 1.89. The van der Waals surface area contributed by atoms with Gasteiger partial charge in [-0.2, -0.15) is 0 Å². The number of ether oxygens (including phenoxy) is 2. The van der Waals surface area contributed by atoms with Crippen LogP contribution in [0.3, 0.4) is 0 Å². The van der Waals surface area contributed by atoms with Crippen molar-refractivity contribution in [1.29, 1.82) is 0 Å². The van der Waals surface area contributed by atoms with Gasteiger partial charge in [0.05, 0.1) is 0 Å². The number of aryl methyl sites for hydroxylation is 2. The Kier molecular flexibility index (Phi) is 6.33. The molecule has 0 aliphatic carbocycles. The van der Waals surface area contributed by atoms with E-state index in [4.69, 9.17) is 9.47 Å². The van der Waals surface area contributed by atoms with Gasteiger partial charge in [-0.15, -0.1) is 0 Å². The van der Waals surface area contributed by atoms with Crippen LogP contribution in [-0.4, -0.2) is 16.7 Å². The van der Waals surface area contributed by atoms with Crippen LogP contribution in [0.1, 0.15) is 84.3 Å². The zero-order valence-electron chi connectivity index (χ0n) is 18.2. The zero-order valence-corrected chi connectivity index (χ0v) is 18.2. The fourth-order valence-corrected chi connectivity index (χ4v) is 3.74. The summed E-state index contributed by atoms with van der Waals surface area (Å²) in [4.78, 5) is 17.1. The van der Waals surface area contributed by atoms with E-state index in [2.05, 4.69) is 46.2 Å². The number of pyridine rings is 1. The molecule has 1 heterocycles. The third-order valence-corrected chi connectivity index (χ3v) is 3.99. The highest BCUT2D eigenvalue weighted by molar-refractivity contribution is 5.71. The molecule has 26 heavy (non-hydrogen) atoms. The number of rotatable bonds is 4. The second-order valence-electron chi connectivity index (χ2n) is 9.79. The lowest BCUT2D eigenvalue weighted by molar-refractivity contribution is 0.0201. The van der Waals surface area contributed by atoms with Gasteiger partial charge in [-0.1, -0.05) is 47.3 Å². The summed E-state index contributed by atoms with van der Waals surface area (Å²) in [5.74, 6) is 0.508. The minimum Gasteiger partial charge on any atom is -0.428 e. The lowest BCUT2D eigenvalue weighted by atomic mass is 9.71. The predicted octanol–water partition coefficient (Wildman–Crippen LogP) is 6.37. The van der Waals surface area contributed by atoms with Crippen LogP contribution in [0.4, 0.5) is 4.79 Å². The Morgan fingerprint density at radius 1 is 1.04 bits per heavy atom. The second kappa shape index (κ2) is 7.42. The van der Waals surface area contributed by atoms with Gasteiger partial charge in [0.25, 0.3) is 0 Å². The first-order valence-electron chi connectivity index (χ1n) is 9.12. The van der Waals surface area contributed by atoms with Crippen molar-refractivity contribution >= 4 is 12.2 Å². The van der Waals surface area contributed by atoms with Crippen LogP contribution in [0, 0.1) is 19.3 Å². The molecule has 0 unspecified atom stereocenters. The first kappa shape index (κ1) is 22.2. The minimum atomic E-state index is -0.710. The molecule has 0 N–H and O–H groups in total. The molecule has 0 fully saturated rings. The fraction of sp³-hybridized carbons (Fsp3) is 0.636. The zero-order chi connectivity index (χ0) is 20.5. The van der Waals surface area contributed by atoms with Gasteiger partial charge in [0, 0.05) is 22.5 Å². The number of carbonyl (C=O) groups is 1. The lowest BCUT2D eigenvalue weighted by Gasteiger charge is -2.35. The molecular formula is C22H35NO3. The van der Waals surface area contributed by atoms with E-state index in [1.54, 1.807) is 6.08 Å². The Hall–Kier alpha value is -1.84. The number of hydrogen-bond donors (Lipinski definition) is 0. The highest BCUT2D eigenvalue weighted by Gasteiger charge is 2.34. The summed E-state index contributed by atoms with van der Waals surface area (Å²) in [5, 5.41) is 0. The maximum Gasteiger partial charge on any atom is 0.514 e. The fourth-order valence-electron chi connectivity index (χ4n) is 3.74. The summed E-state index contributed by atoms with van der Waals surface area (Å²) < 4.78 is 11.1. The monoisotopic (exact) mass is 361 g/mol. The Bertz CT molecular complexity index is 689. The van der Waals surface area contributed by atoms with Gasteiger partial charge in [0.15, 0.2) is 0 Å². The van der Waals surface area contributed by atoms with Gasteiger partial charge >= 0.3 is 6.16 Å². The highest BCUT2D eigenvalue weighted by atomic mass is 16.7. The van der Waals surface area contributed by atoms with Crippen molar-refractivity contribution in [2.45, 2.75) is 86.7 Å².